The lowest BCUT2D eigenvalue weighted by molar-refractivity contribution is -0.117. The molecule has 8 heteroatoms. The molecular weight excluding hydrogens is 382 g/mol. The molecule has 4 rings (SSSR count). The number of hydrogen-bond donors (Lipinski definition) is 2. The molecule has 0 unspecified atom stereocenters. The minimum Gasteiger partial charge on any atom is -0.463 e. The van der Waals surface area contributed by atoms with E-state index in [0.717, 1.165) is 12.8 Å². The van der Waals surface area contributed by atoms with Crippen LogP contribution in [0, 0.1) is 12.8 Å². The van der Waals surface area contributed by atoms with Crippen LogP contribution in [0.15, 0.2) is 33.7 Å². The Bertz CT molecular complexity index is 1070. The number of H-pyrrole nitrogens is 1. The average Bonchev–Trinajstić information content (AvgIpc) is 3.38. The third-order valence-electron chi connectivity index (χ3n) is 5.71. The summed E-state index contributed by atoms with van der Waals surface area (Å²) in [6.07, 6.45) is 8.46. The number of hydrogen-bond acceptors (Lipinski definition) is 5. The van der Waals surface area contributed by atoms with Gasteiger partial charge in [-0.25, -0.2) is 4.98 Å². The molecule has 0 atom stereocenters. The molecule has 3 aromatic heterocycles. The van der Waals surface area contributed by atoms with Gasteiger partial charge in [-0.15, -0.1) is 0 Å². The summed E-state index contributed by atoms with van der Waals surface area (Å²) >= 11 is 0. The van der Waals surface area contributed by atoms with E-state index < -0.39 is 0 Å². The Morgan fingerprint density at radius 2 is 2.13 bits per heavy atom. The fourth-order valence-electron chi connectivity index (χ4n) is 4.14. The number of carbonyl (C=O) groups excluding carboxylic acids is 1. The number of furan rings is 1. The zero-order valence-electron chi connectivity index (χ0n) is 17.4. The molecule has 1 aliphatic rings. The predicted octanol–water partition coefficient (Wildman–Crippen LogP) is 4.00. The van der Waals surface area contributed by atoms with Gasteiger partial charge in [-0.3, -0.25) is 14.6 Å². The van der Waals surface area contributed by atoms with Gasteiger partial charge in [-0.05, 0) is 44.2 Å². The summed E-state index contributed by atoms with van der Waals surface area (Å²) in [4.78, 5) is 32.5. The number of aryl methyl sites for hydroxylation is 1. The maximum Gasteiger partial charge on any atom is 0.255 e. The first-order valence-electron chi connectivity index (χ1n) is 10.6. The first-order chi connectivity index (χ1) is 14.5. The topological polar surface area (TPSA) is 106 Å². The lowest BCUT2D eigenvalue weighted by atomic mass is 9.87. The zero-order chi connectivity index (χ0) is 21.1. The van der Waals surface area contributed by atoms with Crippen LogP contribution in [0.25, 0.3) is 17.4 Å². The second-order valence-corrected chi connectivity index (χ2v) is 7.87. The standard InChI is InChI=1S/C22H27N5O3/c1-3-16-14(2)23-22(25-21(16)29)27-19(13-17(26-27)18-10-7-11-30-18)24-20(28)12-15-8-5-4-6-9-15/h7,10-11,13,15H,3-6,8-9,12H2,1-2H3,(H,24,28)(H,23,25,29). The Labute approximate surface area is 174 Å². The molecule has 1 aliphatic carbocycles. The van der Waals surface area contributed by atoms with Gasteiger partial charge in [-0.1, -0.05) is 26.2 Å². The Morgan fingerprint density at radius 1 is 1.33 bits per heavy atom. The van der Waals surface area contributed by atoms with Crippen molar-refractivity contribution in [3.8, 4) is 17.4 Å². The molecule has 0 bridgehead atoms. The normalized spacial score (nSPS) is 14.7. The van der Waals surface area contributed by atoms with E-state index in [1.165, 1.54) is 23.9 Å². The quantitative estimate of drug-likeness (QED) is 0.640. The van der Waals surface area contributed by atoms with Crippen LogP contribution in [0.2, 0.25) is 0 Å². The van der Waals surface area contributed by atoms with Gasteiger partial charge in [0.05, 0.1) is 6.26 Å². The summed E-state index contributed by atoms with van der Waals surface area (Å²) in [5.41, 5.74) is 1.63. The Hall–Kier alpha value is -3.16. The van der Waals surface area contributed by atoms with Crippen molar-refractivity contribution in [2.24, 2.45) is 5.92 Å². The van der Waals surface area contributed by atoms with Gasteiger partial charge >= 0.3 is 0 Å². The van der Waals surface area contributed by atoms with Crippen molar-refractivity contribution in [1.82, 2.24) is 19.7 Å². The van der Waals surface area contributed by atoms with E-state index in [2.05, 4.69) is 20.4 Å². The third-order valence-corrected chi connectivity index (χ3v) is 5.71. The van der Waals surface area contributed by atoms with E-state index in [1.807, 2.05) is 6.92 Å². The van der Waals surface area contributed by atoms with Crippen molar-refractivity contribution in [2.45, 2.75) is 58.8 Å². The number of aromatic nitrogens is 4. The van der Waals surface area contributed by atoms with Crippen molar-refractivity contribution >= 4 is 11.7 Å². The lowest BCUT2D eigenvalue weighted by Crippen LogP contribution is -2.23. The van der Waals surface area contributed by atoms with Crippen molar-refractivity contribution in [2.75, 3.05) is 5.32 Å². The highest BCUT2D eigenvalue weighted by atomic mass is 16.3. The number of rotatable bonds is 6. The molecule has 0 spiro atoms. The third kappa shape index (κ3) is 4.22. The molecule has 0 aliphatic heterocycles. The van der Waals surface area contributed by atoms with E-state index in [1.54, 1.807) is 31.4 Å². The smallest absolute Gasteiger partial charge is 0.255 e. The Balaban J connectivity index is 1.67. The zero-order valence-corrected chi connectivity index (χ0v) is 17.4. The van der Waals surface area contributed by atoms with E-state index in [9.17, 15) is 9.59 Å². The van der Waals surface area contributed by atoms with Crippen LogP contribution >= 0.6 is 0 Å². The van der Waals surface area contributed by atoms with Crippen LogP contribution in [0.4, 0.5) is 5.82 Å². The maximum atomic E-state index is 12.7. The van der Waals surface area contributed by atoms with Crippen LogP contribution in [-0.2, 0) is 11.2 Å². The van der Waals surface area contributed by atoms with Crippen LogP contribution in [0.1, 0.15) is 56.7 Å². The van der Waals surface area contributed by atoms with E-state index in [4.69, 9.17) is 4.42 Å². The van der Waals surface area contributed by atoms with Crippen molar-refractivity contribution < 1.29 is 9.21 Å². The van der Waals surface area contributed by atoms with Crippen molar-refractivity contribution in [3.63, 3.8) is 0 Å². The molecule has 3 heterocycles. The lowest BCUT2D eigenvalue weighted by Gasteiger charge is -2.20. The Morgan fingerprint density at radius 3 is 2.80 bits per heavy atom. The van der Waals surface area contributed by atoms with Crippen LogP contribution < -0.4 is 10.9 Å². The van der Waals surface area contributed by atoms with Gasteiger partial charge in [-0.2, -0.15) is 9.78 Å². The first-order valence-corrected chi connectivity index (χ1v) is 10.6. The summed E-state index contributed by atoms with van der Waals surface area (Å²) in [7, 11) is 0. The number of nitrogens with zero attached hydrogens (tertiary/aromatic N) is 3. The fraction of sp³-hybridized carbons (Fsp3) is 0.455. The molecule has 0 radical (unpaired) electrons. The minimum atomic E-state index is -0.200. The first kappa shape index (κ1) is 20.1. The number of aromatic amines is 1. The summed E-state index contributed by atoms with van der Waals surface area (Å²) in [5, 5.41) is 7.50. The van der Waals surface area contributed by atoms with Crippen LogP contribution in [-0.4, -0.2) is 25.7 Å². The fourth-order valence-corrected chi connectivity index (χ4v) is 4.14. The number of amides is 1. The maximum absolute atomic E-state index is 12.7. The highest BCUT2D eigenvalue weighted by Gasteiger charge is 2.21. The van der Waals surface area contributed by atoms with E-state index >= 15 is 0 Å². The minimum absolute atomic E-state index is 0.0571. The molecule has 0 saturated heterocycles. The highest BCUT2D eigenvalue weighted by Crippen LogP contribution is 2.28. The van der Waals surface area contributed by atoms with Crippen molar-refractivity contribution in [3.05, 3.63) is 46.1 Å². The summed E-state index contributed by atoms with van der Waals surface area (Å²) in [5.74, 6) is 1.65. The van der Waals surface area contributed by atoms with E-state index in [-0.39, 0.29) is 17.4 Å². The van der Waals surface area contributed by atoms with Gasteiger partial charge in [0.25, 0.3) is 5.56 Å². The average molecular weight is 409 g/mol. The number of nitrogens with one attached hydrogen (secondary N) is 2. The largest absolute Gasteiger partial charge is 0.463 e. The second-order valence-electron chi connectivity index (χ2n) is 7.87. The molecule has 1 fully saturated rings. The number of carbonyl (C=O) groups is 1. The molecule has 1 amide bonds. The Kier molecular flexibility index (Phi) is 5.83. The van der Waals surface area contributed by atoms with Crippen LogP contribution in [0.5, 0.6) is 0 Å². The molecule has 0 aromatic carbocycles. The highest BCUT2D eigenvalue weighted by molar-refractivity contribution is 5.90. The van der Waals surface area contributed by atoms with Crippen molar-refractivity contribution in [1.29, 1.82) is 0 Å². The molecule has 3 aromatic rings. The predicted molar refractivity (Wildman–Crippen MR) is 114 cm³/mol. The van der Waals surface area contributed by atoms with Gasteiger partial charge in [0.1, 0.15) is 11.5 Å². The monoisotopic (exact) mass is 409 g/mol. The molecule has 30 heavy (non-hydrogen) atoms. The molecule has 1 saturated carbocycles. The van der Waals surface area contributed by atoms with E-state index in [0.29, 0.717) is 47.3 Å². The molecular formula is C22H27N5O3. The molecule has 2 N–H and O–H groups in total. The van der Waals surface area contributed by atoms with Gasteiger partial charge in [0, 0.05) is 23.7 Å². The van der Waals surface area contributed by atoms with Gasteiger partial charge in [0.2, 0.25) is 11.9 Å². The molecule has 158 valence electrons. The number of anilines is 1. The summed E-state index contributed by atoms with van der Waals surface area (Å²) < 4.78 is 6.92. The summed E-state index contributed by atoms with van der Waals surface area (Å²) in [6.45, 7) is 3.72. The molecule has 8 nitrogen and oxygen atoms in total. The van der Waals surface area contributed by atoms with Gasteiger partial charge in [0.15, 0.2) is 5.76 Å². The van der Waals surface area contributed by atoms with Crippen LogP contribution in [0.3, 0.4) is 0 Å². The SMILES string of the molecule is CCc1c(C)nc(-n2nc(-c3ccco3)cc2NC(=O)CC2CCCCC2)[nH]c1=O. The van der Waals surface area contributed by atoms with Gasteiger partial charge < -0.3 is 9.73 Å². The summed E-state index contributed by atoms with van der Waals surface area (Å²) in [6, 6.07) is 5.30. The second kappa shape index (κ2) is 8.69.